The van der Waals surface area contributed by atoms with Gasteiger partial charge < -0.3 is 15.2 Å². The highest BCUT2D eigenvalue weighted by Crippen LogP contribution is 2.30. The second-order valence-corrected chi connectivity index (χ2v) is 9.31. The second kappa shape index (κ2) is 9.43. The predicted octanol–water partition coefficient (Wildman–Crippen LogP) is 4.61. The molecule has 3 heterocycles. The van der Waals surface area contributed by atoms with E-state index in [1.165, 1.54) is 17.8 Å². The minimum absolute atomic E-state index is 0.0284. The highest BCUT2D eigenvalue weighted by atomic mass is 19.4. The number of benzene rings is 2. The summed E-state index contributed by atoms with van der Waals surface area (Å²) in [7, 11) is 0. The van der Waals surface area contributed by atoms with Gasteiger partial charge in [0.25, 0.3) is 5.91 Å². The number of amides is 1. The van der Waals surface area contributed by atoms with Gasteiger partial charge in [0.15, 0.2) is 0 Å². The van der Waals surface area contributed by atoms with Crippen molar-refractivity contribution in [1.82, 2.24) is 20.1 Å². The van der Waals surface area contributed by atoms with E-state index in [1.807, 2.05) is 23.1 Å². The van der Waals surface area contributed by atoms with E-state index in [4.69, 9.17) is 0 Å². The molecule has 2 saturated heterocycles. The standard InChI is InChI=1S/C26H29F3N4O/c27-26(28,29)22-4-1-18(2-5-22)17-32-11-13-33(14-12-32)25(34)20-3-6-23-21(15-20)16-24(31-23)19-7-9-30-10-8-19/h1-6,15-16,19,30-31H,7-14,17H2. The summed E-state index contributed by atoms with van der Waals surface area (Å²) in [5, 5.41) is 4.46. The van der Waals surface area contributed by atoms with E-state index < -0.39 is 11.7 Å². The van der Waals surface area contributed by atoms with Gasteiger partial charge in [0.2, 0.25) is 0 Å². The molecule has 2 aliphatic rings. The van der Waals surface area contributed by atoms with Gasteiger partial charge in [0.1, 0.15) is 0 Å². The number of hydrogen-bond acceptors (Lipinski definition) is 3. The molecular formula is C26H29F3N4O. The summed E-state index contributed by atoms with van der Waals surface area (Å²) in [6.45, 7) is 5.24. The molecule has 34 heavy (non-hydrogen) atoms. The van der Waals surface area contributed by atoms with Crippen LogP contribution in [0.1, 0.15) is 45.9 Å². The number of piperidine rings is 1. The number of rotatable bonds is 4. The Morgan fingerprint density at radius 3 is 2.32 bits per heavy atom. The Morgan fingerprint density at radius 2 is 1.65 bits per heavy atom. The Hall–Kier alpha value is -2.84. The molecule has 5 nitrogen and oxygen atoms in total. The van der Waals surface area contributed by atoms with Crippen LogP contribution in [0.2, 0.25) is 0 Å². The zero-order chi connectivity index (χ0) is 23.7. The summed E-state index contributed by atoms with van der Waals surface area (Å²) in [4.78, 5) is 20.7. The van der Waals surface area contributed by atoms with Gasteiger partial charge in [-0.3, -0.25) is 9.69 Å². The number of aromatic nitrogens is 1. The SMILES string of the molecule is O=C(c1ccc2[nH]c(C3CCNCC3)cc2c1)N1CCN(Cc2ccc(C(F)(F)F)cc2)CC1. The van der Waals surface area contributed by atoms with E-state index in [-0.39, 0.29) is 5.91 Å². The molecule has 180 valence electrons. The first-order valence-corrected chi connectivity index (χ1v) is 11.9. The maximum absolute atomic E-state index is 13.1. The predicted molar refractivity (Wildman–Crippen MR) is 126 cm³/mol. The van der Waals surface area contributed by atoms with Crippen LogP contribution < -0.4 is 5.32 Å². The molecule has 0 bridgehead atoms. The fraction of sp³-hybridized carbons (Fsp3) is 0.423. The fourth-order valence-electron chi connectivity index (χ4n) is 4.99. The molecule has 0 unspecified atom stereocenters. The van der Waals surface area contributed by atoms with Gasteiger partial charge in [-0.15, -0.1) is 0 Å². The number of carbonyl (C=O) groups excluding carboxylic acids is 1. The molecule has 2 N–H and O–H groups in total. The van der Waals surface area contributed by atoms with Gasteiger partial charge >= 0.3 is 6.18 Å². The Kier molecular flexibility index (Phi) is 6.36. The largest absolute Gasteiger partial charge is 0.416 e. The van der Waals surface area contributed by atoms with Crippen molar-refractivity contribution in [3.63, 3.8) is 0 Å². The van der Waals surface area contributed by atoms with Crippen molar-refractivity contribution < 1.29 is 18.0 Å². The first kappa shape index (κ1) is 22.9. The molecule has 5 rings (SSSR count). The lowest BCUT2D eigenvalue weighted by molar-refractivity contribution is -0.137. The minimum Gasteiger partial charge on any atom is -0.358 e. The fourth-order valence-corrected chi connectivity index (χ4v) is 4.99. The van der Waals surface area contributed by atoms with E-state index in [0.717, 1.165) is 54.5 Å². The van der Waals surface area contributed by atoms with Crippen LogP contribution in [0.4, 0.5) is 13.2 Å². The Morgan fingerprint density at radius 1 is 0.941 bits per heavy atom. The quantitative estimate of drug-likeness (QED) is 0.586. The van der Waals surface area contributed by atoms with Crippen LogP contribution in [0.3, 0.4) is 0 Å². The lowest BCUT2D eigenvalue weighted by atomic mass is 9.95. The lowest BCUT2D eigenvalue weighted by Gasteiger charge is -2.34. The highest BCUT2D eigenvalue weighted by molar-refractivity contribution is 5.98. The van der Waals surface area contributed by atoms with Crippen molar-refractivity contribution in [3.8, 4) is 0 Å². The molecule has 2 fully saturated rings. The van der Waals surface area contributed by atoms with Crippen molar-refractivity contribution in [2.24, 2.45) is 0 Å². The summed E-state index contributed by atoms with van der Waals surface area (Å²) < 4.78 is 38.3. The zero-order valence-corrected chi connectivity index (χ0v) is 19.0. The average Bonchev–Trinajstić information content (AvgIpc) is 3.28. The number of carbonyl (C=O) groups is 1. The number of piperazine rings is 1. The Labute approximate surface area is 196 Å². The van der Waals surface area contributed by atoms with E-state index in [0.29, 0.717) is 44.2 Å². The number of fused-ring (bicyclic) bond motifs is 1. The van der Waals surface area contributed by atoms with E-state index in [9.17, 15) is 18.0 Å². The van der Waals surface area contributed by atoms with Gasteiger partial charge in [-0.1, -0.05) is 12.1 Å². The summed E-state index contributed by atoms with van der Waals surface area (Å²) in [5.74, 6) is 0.561. The third-order valence-electron chi connectivity index (χ3n) is 7.01. The smallest absolute Gasteiger partial charge is 0.358 e. The summed E-state index contributed by atoms with van der Waals surface area (Å²) >= 11 is 0. The number of H-pyrrole nitrogens is 1. The van der Waals surface area contributed by atoms with Crippen LogP contribution in [-0.4, -0.2) is 60.0 Å². The van der Waals surface area contributed by atoms with Crippen LogP contribution in [0.5, 0.6) is 0 Å². The van der Waals surface area contributed by atoms with Crippen LogP contribution in [0.25, 0.3) is 10.9 Å². The molecule has 0 aliphatic carbocycles. The van der Waals surface area contributed by atoms with Crippen molar-refractivity contribution in [3.05, 3.63) is 70.9 Å². The van der Waals surface area contributed by atoms with Gasteiger partial charge in [-0.05, 0) is 67.9 Å². The first-order valence-electron chi connectivity index (χ1n) is 11.9. The zero-order valence-electron chi connectivity index (χ0n) is 19.0. The van der Waals surface area contributed by atoms with Crippen LogP contribution in [0.15, 0.2) is 48.5 Å². The van der Waals surface area contributed by atoms with E-state index in [2.05, 4.69) is 21.3 Å². The molecule has 8 heteroatoms. The number of alkyl halides is 3. The van der Waals surface area contributed by atoms with Gasteiger partial charge in [-0.2, -0.15) is 13.2 Å². The van der Waals surface area contributed by atoms with Crippen molar-refractivity contribution in [2.75, 3.05) is 39.3 Å². The molecule has 0 radical (unpaired) electrons. The van der Waals surface area contributed by atoms with E-state index in [1.54, 1.807) is 0 Å². The molecule has 1 amide bonds. The third-order valence-corrected chi connectivity index (χ3v) is 7.01. The normalized spacial score (nSPS) is 18.5. The van der Waals surface area contributed by atoms with Crippen molar-refractivity contribution >= 4 is 16.8 Å². The molecule has 1 aromatic heterocycles. The molecule has 0 spiro atoms. The molecular weight excluding hydrogens is 441 g/mol. The Bertz CT molecular complexity index is 1140. The van der Waals surface area contributed by atoms with Crippen LogP contribution in [-0.2, 0) is 12.7 Å². The number of aromatic amines is 1. The number of nitrogens with zero attached hydrogens (tertiary/aromatic N) is 2. The van der Waals surface area contributed by atoms with Crippen LogP contribution in [0, 0.1) is 0 Å². The number of nitrogens with one attached hydrogen (secondary N) is 2. The molecule has 2 aromatic carbocycles. The summed E-state index contributed by atoms with van der Waals surface area (Å²) in [5.41, 5.74) is 3.22. The molecule has 0 saturated carbocycles. The monoisotopic (exact) mass is 470 g/mol. The highest BCUT2D eigenvalue weighted by Gasteiger charge is 2.30. The lowest BCUT2D eigenvalue weighted by Crippen LogP contribution is -2.48. The summed E-state index contributed by atoms with van der Waals surface area (Å²) in [6.07, 6.45) is -2.08. The maximum atomic E-state index is 13.1. The minimum atomic E-state index is -4.32. The average molecular weight is 471 g/mol. The van der Waals surface area contributed by atoms with Crippen LogP contribution >= 0.6 is 0 Å². The molecule has 2 aliphatic heterocycles. The third kappa shape index (κ3) is 4.98. The summed E-state index contributed by atoms with van der Waals surface area (Å²) in [6, 6.07) is 13.4. The van der Waals surface area contributed by atoms with Gasteiger partial charge in [-0.25, -0.2) is 0 Å². The van der Waals surface area contributed by atoms with Crippen molar-refractivity contribution in [2.45, 2.75) is 31.5 Å². The maximum Gasteiger partial charge on any atom is 0.416 e. The number of halogens is 3. The Balaban J connectivity index is 1.19. The van der Waals surface area contributed by atoms with Gasteiger partial charge in [0, 0.05) is 60.8 Å². The molecule has 3 aromatic rings. The van der Waals surface area contributed by atoms with Gasteiger partial charge in [0.05, 0.1) is 5.56 Å². The topological polar surface area (TPSA) is 51.4 Å². The first-order chi connectivity index (χ1) is 16.4. The van der Waals surface area contributed by atoms with Crippen molar-refractivity contribution in [1.29, 1.82) is 0 Å². The second-order valence-electron chi connectivity index (χ2n) is 9.31. The number of hydrogen-bond donors (Lipinski definition) is 2. The van der Waals surface area contributed by atoms with E-state index >= 15 is 0 Å². The molecule has 0 atom stereocenters.